The van der Waals surface area contributed by atoms with Gasteiger partial charge in [-0.25, -0.2) is 0 Å². The molecule has 2 fully saturated rings. The van der Waals surface area contributed by atoms with Gasteiger partial charge in [-0.1, -0.05) is 6.92 Å². The molecule has 1 heteroatoms. The molecule has 0 radical (unpaired) electrons. The van der Waals surface area contributed by atoms with E-state index in [4.69, 9.17) is 0 Å². The summed E-state index contributed by atoms with van der Waals surface area (Å²) in [6.45, 7) is 5.16. The summed E-state index contributed by atoms with van der Waals surface area (Å²) in [4.78, 5) is 2.66. The molecule has 0 aromatic rings. The van der Waals surface area contributed by atoms with E-state index in [1.165, 1.54) is 32.4 Å². The molecular weight excluding hydrogens is 110 g/mol. The maximum absolute atomic E-state index is 2.66. The van der Waals surface area contributed by atoms with E-state index in [9.17, 15) is 0 Å². The molecule has 2 atom stereocenters. The van der Waals surface area contributed by atoms with Gasteiger partial charge in [0.2, 0.25) is 0 Å². The van der Waals surface area contributed by atoms with E-state index >= 15 is 0 Å². The zero-order chi connectivity index (χ0) is 6.27. The third kappa shape index (κ3) is 0.787. The smallest absolute Gasteiger partial charge is 0.0122 e. The van der Waals surface area contributed by atoms with Crippen LogP contribution in [0, 0.1) is 5.92 Å². The van der Waals surface area contributed by atoms with Crippen molar-refractivity contribution in [3.63, 3.8) is 0 Å². The van der Waals surface area contributed by atoms with Gasteiger partial charge >= 0.3 is 0 Å². The number of nitrogens with zero attached hydrogens (tertiary/aromatic N) is 1. The fourth-order valence-electron chi connectivity index (χ4n) is 2.34. The molecule has 0 amide bonds. The second-order valence-electron chi connectivity index (χ2n) is 3.51. The zero-order valence-electron chi connectivity index (χ0n) is 6.14. The van der Waals surface area contributed by atoms with Gasteiger partial charge in [0.05, 0.1) is 0 Å². The molecule has 2 rings (SSSR count). The Kier molecular flexibility index (Phi) is 1.26. The van der Waals surface area contributed by atoms with Gasteiger partial charge in [0.15, 0.2) is 0 Å². The SMILES string of the molecule is C[C@H]1CCN2CCC[C@@H]12. The van der Waals surface area contributed by atoms with Crippen molar-refractivity contribution in [1.29, 1.82) is 0 Å². The number of rotatable bonds is 0. The highest BCUT2D eigenvalue weighted by atomic mass is 15.2. The van der Waals surface area contributed by atoms with Crippen LogP contribution in [0.2, 0.25) is 0 Å². The third-order valence-electron chi connectivity index (χ3n) is 2.94. The molecule has 1 nitrogen and oxygen atoms in total. The van der Waals surface area contributed by atoms with Crippen LogP contribution >= 0.6 is 0 Å². The molecule has 2 heterocycles. The highest BCUT2D eigenvalue weighted by molar-refractivity contribution is 4.88. The van der Waals surface area contributed by atoms with Gasteiger partial charge in [-0.3, -0.25) is 0 Å². The van der Waals surface area contributed by atoms with Crippen LogP contribution in [0.1, 0.15) is 26.2 Å². The van der Waals surface area contributed by atoms with Crippen molar-refractivity contribution in [1.82, 2.24) is 4.90 Å². The second kappa shape index (κ2) is 1.98. The molecule has 0 saturated carbocycles. The fraction of sp³-hybridized carbons (Fsp3) is 1.00. The largest absolute Gasteiger partial charge is 0.300 e. The highest BCUT2D eigenvalue weighted by Gasteiger charge is 2.33. The van der Waals surface area contributed by atoms with Crippen molar-refractivity contribution in [3.8, 4) is 0 Å². The average molecular weight is 125 g/mol. The molecule has 0 bridgehead atoms. The first-order valence-corrected chi connectivity index (χ1v) is 4.12. The van der Waals surface area contributed by atoms with Crippen molar-refractivity contribution in [2.75, 3.05) is 13.1 Å². The van der Waals surface area contributed by atoms with Crippen LogP contribution < -0.4 is 0 Å². The van der Waals surface area contributed by atoms with Gasteiger partial charge in [-0.05, 0) is 38.3 Å². The first-order chi connectivity index (χ1) is 4.38. The highest BCUT2D eigenvalue weighted by Crippen LogP contribution is 2.31. The molecule has 9 heavy (non-hydrogen) atoms. The molecule has 52 valence electrons. The van der Waals surface area contributed by atoms with Gasteiger partial charge in [-0.2, -0.15) is 0 Å². The Labute approximate surface area is 57.0 Å². The minimum absolute atomic E-state index is 0.977. The number of hydrogen-bond donors (Lipinski definition) is 0. The van der Waals surface area contributed by atoms with Crippen LogP contribution in [0.15, 0.2) is 0 Å². The van der Waals surface area contributed by atoms with Crippen LogP contribution in [0.25, 0.3) is 0 Å². The van der Waals surface area contributed by atoms with Gasteiger partial charge < -0.3 is 4.90 Å². The van der Waals surface area contributed by atoms with Gasteiger partial charge in [0.1, 0.15) is 0 Å². The maximum Gasteiger partial charge on any atom is 0.0122 e. The minimum Gasteiger partial charge on any atom is -0.300 e. The molecule has 2 aliphatic heterocycles. The molecule has 0 aliphatic carbocycles. The minimum atomic E-state index is 0.977. The van der Waals surface area contributed by atoms with Crippen LogP contribution in [0.3, 0.4) is 0 Å². The standard InChI is InChI=1S/C8H15N/c1-7-4-6-9-5-2-3-8(7)9/h7-8H,2-6H2,1H3/t7-,8-/m0/s1. The summed E-state index contributed by atoms with van der Waals surface area (Å²) in [7, 11) is 0. The molecule has 2 aliphatic rings. The van der Waals surface area contributed by atoms with Gasteiger partial charge in [0.25, 0.3) is 0 Å². The quantitative estimate of drug-likeness (QED) is 0.474. The first kappa shape index (κ1) is 5.72. The van der Waals surface area contributed by atoms with Gasteiger partial charge in [0, 0.05) is 6.04 Å². The van der Waals surface area contributed by atoms with E-state index < -0.39 is 0 Å². The normalized spacial score (nSPS) is 43.7. The summed E-state index contributed by atoms with van der Waals surface area (Å²) < 4.78 is 0. The summed E-state index contributed by atoms with van der Waals surface area (Å²) in [6.07, 6.45) is 4.38. The molecule has 0 aromatic heterocycles. The van der Waals surface area contributed by atoms with Gasteiger partial charge in [-0.15, -0.1) is 0 Å². The Morgan fingerprint density at radius 1 is 1.22 bits per heavy atom. The van der Waals surface area contributed by atoms with E-state index in [1.54, 1.807) is 0 Å². The summed E-state index contributed by atoms with van der Waals surface area (Å²) in [6, 6.07) is 0.977. The molecule has 0 unspecified atom stereocenters. The lowest BCUT2D eigenvalue weighted by Gasteiger charge is -2.16. The van der Waals surface area contributed by atoms with Crippen molar-refractivity contribution < 1.29 is 0 Å². The molecule has 0 N–H and O–H groups in total. The predicted molar refractivity (Wildman–Crippen MR) is 38.4 cm³/mol. The predicted octanol–water partition coefficient (Wildman–Crippen LogP) is 1.49. The van der Waals surface area contributed by atoms with E-state index in [0.29, 0.717) is 0 Å². The van der Waals surface area contributed by atoms with Crippen molar-refractivity contribution >= 4 is 0 Å². The summed E-state index contributed by atoms with van der Waals surface area (Å²) in [5.74, 6) is 0.993. The van der Waals surface area contributed by atoms with E-state index in [1.807, 2.05) is 0 Å². The molecule has 0 spiro atoms. The lowest BCUT2D eigenvalue weighted by atomic mass is 10.0. The lowest BCUT2D eigenvalue weighted by molar-refractivity contribution is 0.298. The number of hydrogen-bond acceptors (Lipinski definition) is 1. The monoisotopic (exact) mass is 125 g/mol. The third-order valence-corrected chi connectivity index (χ3v) is 2.94. The second-order valence-corrected chi connectivity index (χ2v) is 3.51. The fourth-order valence-corrected chi connectivity index (χ4v) is 2.34. The summed E-state index contributed by atoms with van der Waals surface area (Å²) in [5, 5.41) is 0. The topological polar surface area (TPSA) is 3.24 Å². The molecule has 2 saturated heterocycles. The van der Waals surface area contributed by atoms with Crippen LogP contribution in [0.4, 0.5) is 0 Å². The molecule has 0 aromatic carbocycles. The molecular formula is C8H15N. The Morgan fingerprint density at radius 3 is 2.89 bits per heavy atom. The number of fused-ring (bicyclic) bond motifs is 1. The average Bonchev–Trinajstić information content (AvgIpc) is 2.35. The zero-order valence-corrected chi connectivity index (χ0v) is 6.14. The summed E-state index contributed by atoms with van der Waals surface area (Å²) >= 11 is 0. The van der Waals surface area contributed by atoms with Crippen LogP contribution in [0.5, 0.6) is 0 Å². The van der Waals surface area contributed by atoms with E-state index in [0.717, 1.165) is 12.0 Å². The van der Waals surface area contributed by atoms with Crippen molar-refractivity contribution in [2.45, 2.75) is 32.2 Å². The van der Waals surface area contributed by atoms with Crippen molar-refractivity contribution in [3.05, 3.63) is 0 Å². The first-order valence-electron chi connectivity index (χ1n) is 4.12. The Bertz CT molecular complexity index is 111. The summed E-state index contributed by atoms with van der Waals surface area (Å²) in [5.41, 5.74) is 0. The van der Waals surface area contributed by atoms with E-state index in [2.05, 4.69) is 11.8 Å². The van der Waals surface area contributed by atoms with Crippen LogP contribution in [-0.2, 0) is 0 Å². The lowest BCUT2D eigenvalue weighted by Crippen LogP contribution is -2.24. The maximum atomic E-state index is 2.66. The van der Waals surface area contributed by atoms with Crippen LogP contribution in [-0.4, -0.2) is 24.0 Å². The van der Waals surface area contributed by atoms with E-state index in [-0.39, 0.29) is 0 Å². The Morgan fingerprint density at radius 2 is 2.11 bits per heavy atom. The Balaban J connectivity index is 2.07. The van der Waals surface area contributed by atoms with Crippen molar-refractivity contribution in [2.24, 2.45) is 5.92 Å². The Hall–Kier alpha value is -0.0400.